The van der Waals surface area contributed by atoms with Crippen LogP contribution in [0.4, 0.5) is 0 Å². The monoisotopic (exact) mass is 232 g/mol. The van der Waals surface area contributed by atoms with Gasteiger partial charge in [0.15, 0.2) is 5.78 Å². The molecule has 0 radical (unpaired) electrons. The van der Waals surface area contributed by atoms with Gasteiger partial charge in [0.05, 0.1) is 6.42 Å². The smallest absolute Gasteiger partial charge is 0.188 e. The number of ketones is 1. The summed E-state index contributed by atoms with van der Waals surface area (Å²) in [6.07, 6.45) is 3.96. The van der Waals surface area contributed by atoms with Gasteiger partial charge in [0.25, 0.3) is 0 Å². The van der Waals surface area contributed by atoms with Crippen molar-refractivity contribution in [3.05, 3.63) is 24.0 Å². The number of likely N-dealkylation sites (tertiary alicyclic amines) is 1. The number of nitrogens with zero attached hydrogens (tertiary/aromatic N) is 2. The third kappa shape index (κ3) is 1.82. The number of aromatic nitrogens is 1. The molecule has 1 saturated heterocycles. The van der Waals surface area contributed by atoms with Gasteiger partial charge >= 0.3 is 0 Å². The number of ether oxygens (including phenoxy) is 1. The highest BCUT2D eigenvalue weighted by atomic mass is 16.5. The molecule has 0 N–H and O–H groups in total. The van der Waals surface area contributed by atoms with Crippen LogP contribution in [0.3, 0.4) is 0 Å². The van der Waals surface area contributed by atoms with Crippen LogP contribution in [0.5, 0.6) is 5.75 Å². The first-order chi connectivity index (χ1) is 8.19. The minimum atomic E-state index is -0.278. The topological polar surface area (TPSA) is 42.4 Å². The van der Waals surface area contributed by atoms with Crippen molar-refractivity contribution in [1.29, 1.82) is 0 Å². The Morgan fingerprint density at radius 2 is 2.18 bits per heavy atom. The Bertz CT molecular complexity index is 450. The van der Waals surface area contributed by atoms with E-state index in [4.69, 9.17) is 4.74 Å². The third-order valence-corrected chi connectivity index (χ3v) is 3.74. The largest absolute Gasteiger partial charge is 0.484 e. The summed E-state index contributed by atoms with van der Waals surface area (Å²) < 4.78 is 6.07. The van der Waals surface area contributed by atoms with Crippen molar-refractivity contribution in [2.24, 2.45) is 0 Å². The minimum Gasteiger partial charge on any atom is -0.484 e. The van der Waals surface area contributed by atoms with E-state index < -0.39 is 0 Å². The van der Waals surface area contributed by atoms with Gasteiger partial charge in [0.1, 0.15) is 17.0 Å². The van der Waals surface area contributed by atoms with E-state index in [-0.39, 0.29) is 11.4 Å². The summed E-state index contributed by atoms with van der Waals surface area (Å²) in [5.74, 6) is 0.782. The summed E-state index contributed by atoms with van der Waals surface area (Å²) in [7, 11) is 2.10. The molecule has 0 atom stereocenters. The molecule has 2 aliphatic heterocycles. The average Bonchev–Trinajstić information content (AvgIpc) is 2.34. The number of piperidine rings is 1. The predicted molar refractivity (Wildman–Crippen MR) is 63.3 cm³/mol. The molecule has 2 aliphatic rings. The van der Waals surface area contributed by atoms with Crippen LogP contribution in [0, 0.1) is 0 Å². The first-order valence-electron chi connectivity index (χ1n) is 6.04. The minimum absolute atomic E-state index is 0.122. The lowest BCUT2D eigenvalue weighted by Gasteiger charge is -2.42. The molecule has 0 unspecified atom stereocenters. The summed E-state index contributed by atoms with van der Waals surface area (Å²) >= 11 is 0. The normalized spacial score (nSPS) is 23.2. The third-order valence-electron chi connectivity index (χ3n) is 3.74. The van der Waals surface area contributed by atoms with Gasteiger partial charge in [-0.05, 0) is 19.2 Å². The molecule has 4 heteroatoms. The molecular formula is C13H16N2O2. The first kappa shape index (κ1) is 10.7. The van der Waals surface area contributed by atoms with Crippen molar-refractivity contribution in [2.45, 2.75) is 24.9 Å². The molecule has 0 amide bonds. The summed E-state index contributed by atoms with van der Waals surface area (Å²) in [5, 5.41) is 0. The SMILES string of the molecule is CN1CCC2(CC1)CC(=O)c1ncccc1O2. The number of carbonyl (C=O) groups excluding carboxylic acids is 1. The summed E-state index contributed by atoms with van der Waals surface area (Å²) in [4.78, 5) is 18.5. The molecule has 17 heavy (non-hydrogen) atoms. The first-order valence-corrected chi connectivity index (χ1v) is 6.04. The highest BCUT2D eigenvalue weighted by Crippen LogP contribution is 2.37. The van der Waals surface area contributed by atoms with E-state index in [0.29, 0.717) is 17.9 Å². The number of rotatable bonds is 0. The van der Waals surface area contributed by atoms with Crippen molar-refractivity contribution in [1.82, 2.24) is 9.88 Å². The fraction of sp³-hybridized carbons (Fsp3) is 0.538. The average molecular weight is 232 g/mol. The fourth-order valence-corrected chi connectivity index (χ4v) is 2.63. The zero-order valence-corrected chi connectivity index (χ0v) is 9.98. The van der Waals surface area contributed by atoms with Crippen molar-refractivity contribution in [3.8, 4) is 5.75 Å². The van der Waals surface area contributed by atoms with Gasteiger partial charge < -0.3 is 9.64 Å². The quantitative estimate of drug-likeness (QED) is 0.680. The Kier molecular flexibility index (Phi) is 2.40. The zero-order valence-electron chi connectivity index (χ0n) is 9.98. The molecule has 1 spiro atoms. The molecule has 1 fully saturated rings. The summed E-state index contributed by atoms with van der Waals surface area (Å²) in [5.41, 5.74) is 0.219. The molecule has 1 aromatic heterocycles. The van der Waals surface area contributed by atoms with Gasteiger partial charge in [-0.25, -0.2) is 4.98 Å². The van der Waals surface area contributed by atoms with Crippen LogP contribution in [-0.4, -0.2) is 41.4 Å². The standard InChI is InChI=1S/C13H16N2O2/c1-15-7-4-13(5-8-15)9-10(16)12-11(17-13)3-2-6-14-12/h2-3,6H,4-5,7-9H2,1H3. The number of pyridine rings is 1. The second-order valence-electron chi connectivity index (χ2n) is 5.04. The van der Waals surface area contributed by atoms with E-state index in [1.54, 1.807) is 6.20 Å². The van der Waals surface area contributed by atoms with Crippen LogP contribution in [0.25, 0.3) is 0 Å². The Labute approximate surface area is 101 Å². The van der Waals surface area contributed by atoms with Crippen molar-refractivity contribution < 1.29 is 9.53 Å². The molecule has 1 aromatic rings. The molecule has 0 saturated carbocycles. The van der Waals surface area contributed by atoms with Crippen LogP contribution in [0.15, 0.2) is 18.3 Å². The number of carbonyl (C=O) groups is 1. The predicted octanol–water partition coefficient (Wildman–Crippen LogP) is 1.51. The highest BCUT2D eigenvalue weighted by Gasteiger charge is 2.42. The maximum Gasteiger partial charge on any atom is 0.188 e. The molecule has 0 bridgehead atoms. The Hall–Kier alpha value is -1.42. The molecule has 3 heterocycles. The fourth-order valence-electron chi connectivity index (χ4n) is 2.63. The highest BCUT2D eigenvalue weighted by molar-refractivity contribution is 5.98. The number of fused-ring (bicyclic) bond motifs is 1. The maximum atomic E-state index is 12.1. The van der Waals surface area contributed by atoms with E-state index in [1.165, 1.54) is 0 Å². The van der Waals surface area contributed by atoms with E-state index in [1.807, 2.05) is 12.1 Å². The van der Waals surface area contributed by atoms with Gasteiger partial charge in [-0.15, -0.1) is 0 Å². The lowest BCUT2D eigenvalue weighted by molar-refractivity contribution is -0.00441. The van der Waals surface area contributed by atoms with Crippen LogP contribution < -0.4 is 4.74 Å². The molecule has 0 aromatic carbocycles. The Morgan fingerprint density at radius 1 is 1.41 bits per heavy atom. The van der Waals surface area contributed by atoms with E-state index >= 15 is 0 Å². The maximum absolute atomic E-state index is 12.1. The summed E-state index contributed by atoms with van der Waals surface area (Å²) in [6, 6.07) is 3.67. The van der Waals surface area contributed by atoms with Crippen molar-refractivity contribution in [3.63, 3.8) is 0 Å². The lowest BCUT2D eigenvalue weighted by Crippen LogP contribution is -2.50. The molecule has 0 aliphatic carbocycles. The van der Waals surface area contributed by atoms with Crippen LogP contribution in [0.1, 0.15) is 29.8 Å². The van der Waals surface area contributed by atoms with Crippen LogP contribution in [-0.2, 0) is 0 Å². The second kappa shape index (κ2) is 3.81. The molecular weight excluding hydrogens is 216 g/mol. The van der Waals surface area contributed by atoms with E-state index in [0.717, 1.165) is 25.9 Å². The molecule has 4 nitrogen and oxygen atoms in total. The van der Waals surface area contributed by atoms with Crippen LogP contribution in [0.2, 0.25) is 0 Å². The van der Waals surface area contributed by atoms with Gasteiger partial charge in [0.2, 0.25) is 0 Å². The van der Waals surface area contributed by atoms with Gasteiger partial charge in [-0.2, -0.15) is 0 Å². The van der Waals surface area contributed by atoms with Crippen LogP contribution >= 0.6 is 0 Å². The van der Waals surface area contributed by atoms with E-state index in [2.05, 4.69) is 16.9 Å². The number of Topliss-reactive ketones (excluding diaryl/α,β-unsaturated/α-hetero) is 1. The summed E-state index contributed by atoms with van der Waals surface area (Å²) in [6.45, 7) is 1.98. The van der Waals surface area contributed by atoms with E-state index in [9.17, 15) is 4.79 Å². The number of hydrogen-bond donors (Lipinski definition) is 0. The Balaban J connectivity index is 1.91. The molecule has 90 valence electrons. The van der Waals surface area contributed by atoms with Gasteiger partial charge in [0, 0.05) is 32.1 Å². The lowest BCUT2D eigenvalue weighted by atomic mass is 9.84. The molecule has 3 rings (SSSR count). The zero-order chi connectivity index (χ0) is 11.9. The van der Waals surface area contributed by atoms with Gasteiger partial charge in [-0.1, -0.05) is 0 Å². The second-order valence-corrected chi connectivity index (χ2v) is 5.04. The Morgan fingerprint density at radius 3 is 2.94 bits per heavy atom. The van der Waals surface area contributed by atoms with Gasteiger partial charge in [-0.3, -0.25) is 4.79 Å². The van der Waals surface area contributed by atoms with Crippen molar-refractivity contribution >= 4 is 5.78 Å². The van der Waals surface area contributed by atoms with Crippen molar-refractivity contribution in [2.75, 3.05) is 20.1 Å². The number of hydrogen-bond acceptors (Lipinski definition) is 4.